The molecule has 0 spiro atoms. The van der Waals surface area contributed by atoms with Gasteiger partial charge >= 0.3 is 0 Å². The van der Waals surface area contributed by atoms with Crippen LogP contribution in [0.5, 0.6) is 0 Å². The van der Waals surface area contributed by atoms with E-state index in [1.165, 1.54) is 20.3 Å². The first-order chi connectivity index (χ1) is 35.5. The van der Waals surface area contributed by atoms with Crippen LogP contribution in [0.4, 0.5) is 0 Å². The van der Waals surface area contributed by atoms with Crippen molar-refractivity contribution in [2.75, 3.05) is 41.0 Å². The molecule has 4 aliphatic rings. The van der Waals surface area contributed by atoms with Gasteiger partial charge in [0.25, 0.3) is 0 Å². The monoisotopic (exact) mass is 1620 g/mol. The molecular formula is C54H54Br4N4O12Y4-4. The number of aryl methyl sites for hydroxylation is 4. The van der Waals surface area contributed by atoms with Gasteiger partial charge in [0.1, 0.15) is 25.7 Å². The first-order valence-electron chi connectivity index (χ1n) is 22.9. The molecule has 0 unspecified atom stereocenters. The Labute approximate surface area is 589 Å². The summed E-state index contributed by atoms with van der Waals surface area (Å²) in [5.41, 5.74) is 6.76. The van der Waals surface area contributed by atoms with E-state index in [2.05, 4.69) is 88.0 Å². The number of hydrogen-bond donors (Lipinski definition) is 1. The Kier molecular flexibility index (Phi) is 49.5. The molecule has 0 aliphatic carbocycles. The molecule has 0 saturated carbocycles. The Balaban J connectivity index is -0.000000868. The summed E-state index contributed by atoms with van der Waals surface area (Å²) in [6.07, 6.45) is 8.58. The van der Waals surface area contributed by atoms with Crippen molar-refractivity contribution in [1.29, 1.82) is 0 Å². The molecule has 4 aromatic carbocycles. The minimum atomic E-state index is -0.167. The second-order valence-electron chi connectivity index (χ2n) is 15.8. The molecule has 0 bridgehead atoms. The smallest absolute Gasteiger partial charge is 0.238 e. The van der Waals surface area contributed by atoms with E-state index in [4.69, 9.17) is 0 Å². The van der Waals surface area contributed by atoms with Gasteiger partial charge in [-0.05, 0) is 32.1 Å². The molecule has 16 nitrogen and oxygen atoms in total. The van der Waals surface area contributed by atoms with Crippen LogP contribution in [-0.2, 0) is 188 Å². The Morgan fingerprint density at radius 2 is 0.705 bits per heavy atom. The van der Waals surface area contributed by atoms with Crippen LogP contribution in [-0.4, -0.2) is 128 Å². The number of carbonyl (C=O) groups is 12. The summed E-state index contributed by atoms with van der Waals surface area (Å²) in [6.45, 7) is 3.40. The molecule has 4 radical (unpaired) electrons. The van der Waals surface area contributed by atoms with Gasteiger partial charge in [-0.1, -0.05) is 99.3 Å². The maximum absolute atomic E-state index is 11.0. The van der Waals surface area contributed by atoms with Crippen LogP contribution in [0.15, 0.2) is 72.8 Å². The van der Waals surface area contributed by atoms with E-state index >= 15 is 0 Å². The summed E-state index contributed by atoms with van der Waals surface area (Å²) in [4.78, 5) is 130. The van der Waals surface area contributed by atoms with Gasteiger partial charge < -0.3 is 19.2 Å². The number of β-lactam (4-membered cyclic amide) rings is 8. The van der Waals surface area contributed by atoms with Crippen LogP contribution in [0.25, 0.3) is 0 Å². The maximum Gasteiger partial charge on any atom is 0.238 e. The predicted molar refractivity (Wildman–Crippen MR) is 289 cm³/mol. The summed E-state index contributed by atoms with van der Waals surface area (Å²) in [6, 6.07) is 33.3. The average Bonchev–Trinajstić information content (AvgIpc) is 3.41. The number of nitrogens with one attached hydrogen (secondary N) is 1. The van der Waals surface area contributed by atoms with E-state index in [1.807, 2.05) is 42.6 Å². The van der Waals surface area contributed by atoms with Crippen molar-refractivity contribution in [3.05, 3.63) is 142 Å². The topological polar surface area (TPSA) is 227 Å². The zero-order chi connectivity index (χ0) is 54.8. The molecule has 4 heterocycles. The van der Waals surface area contributed by atoms with Crippen molar-refractivity contribution in [3.8, 4) is 0 Å². The molecule has 4 fully saturated rings. The average molecular weight is 1630 g/mol. The van der Waals surface area contributed by atoms with Crippen molar-refractivity contribution < 1.29 is 188 Å². The third-order valence-electron chi connectivity index (χ3n) is 10.2. The van der Waals surface area contributed by atoms with Gasteiger partial charge in [0.2, 0.25) is 47.3 Å². The number of alkyl halides is 4. The number of hydrogen-bond acceptors (Lipinski definition) is 12. The first-order valence-corrected chi connectivity index (χ1v) is 27.4. The van der Waals surface area contributed by atoms with E-state index in [0.717, 1.165) is 96.4 Å². The fourth-order valence-corrected chi connectivity index (χ4v) is 6.65. The van der Waals surface area contributed by atoms with E-state index in [-0.39, 0.29) is 204 Å². The zero-order valence-corrected chi connectivity index (χ0v) is 60.5. The Hall–Kier alpha value is -1.54. The number of carbonyl (C=O) groups excluding carboxylic acids is 12. The number of amides is 8. The molecule has 78 heavy (non-hydrogen) atoms. The molecule has 4 aromatic rings. The third kappa shape index (κ3) is 32.9. The number of halogens is 4. The Morgan fingerprint density at radius 3 is 0.897 bits per heavy atom. The van der Waals surface area contributed by atoms with Gasteiger partial charge in [-0.25, -0.2) is 0 Å². The van der Waals surface area contributed by atoms with Crippen molar-refractivity contribution in [2.24, 2.45) is 0 Å². The van der Waals surface area contributed by atoms with Crippen LogP contribution in [0.2, 0.25) is 0 Å². The normalized spacial score (nSPS) is 12.9. The second-order valence-corrected chi connectivity index (χ2v) is 19.0. The summed E-state index contributed by atoms with van der Waals surface area (Å²) in [7, 11) is 0. The van der Waals surface area contributed by atoms with Crippen molar-refractivity contribution >= 4 is 136 Å². The first kappa shape index (κ1) is 80.7. The number of benzene rings is 4. The quantitative estimate of drug-likeness (QED) is 0.0344. The summed E-state index contributed by atoms with van der Waals surface area (Å²) in [5.74, 6) is -0.796. The van der Waals surface area contributed by atoms with Crippen LogP contribution in [0, 0.1) is 31.2 Å². The molecule has 4 saturated heterocycles. The third-order valence-corrected chi connectivity index (χ3v) is 12.9. The number of rotatable bonds is 18. The number of imide groups is 4. The Bertz CT molecular complexity index is 2380. The fraction of sp³-hybridized carbons (Fsp3) is 0.333. The predicted octanol–water partition coefficient (Wildman–Crippen LogP) is 7.16. The van der Waals surface area contributed by atoms with Crippen LogP contribution < -0.4 is 5.32 Å². The van der Waals surface area contributed by atoms with Gasteiger partial charge in [-0.2, -0.15) is 119 Å². The van der Waals surface area contributed by atoms with Crippen molar-refractivity contribution in [2.45, 2.75) is 71.1 Å². The Morgan fingerprint density at radius 1 is 0.410 bits per heavy atom. The molecule has 8 rings (SSSR count). The molecule has 0 atom stereocenters. The van der Waals surface area contributed by atoms with Gasteiger partial charge in [-0.3, -0.25) is 58.4 Å². The number of aldehydes is 4. The van der Waals surface area contributed by atoms with E-state index in [1.54, 1.807) is 42.5 Å². The molecule has 406 valence electrons. The van der Waals surface area contributed by atoms with Gasteiger partial charge in [0, 0.05) is 172 Å². The largest absolute Gasteiger partial charge is 0.312 e. The van der Waals surface area contributed by atoms with Crippen molar-refractivity contribution in [1.82, 2.24) is 20.0 Å². The SMILES string of the molecule is BrCCBr.Cc1[c-]cc(C=O)cc1.O=C1CC(=O)N1.O=C1CC(=O)N1CCBr.O=Cc1c[c-]c(CCCBr)cc1.O=Cc1c[c-]c(CCCN2C(=O)CC2=O)cc1.O=Cc1c[c-]c(CCCN2C(=O)CC2=O)cc1.[Y].[Y].[Y].[Y]. The molecule has 0 aromatic heterocycles. The number of nitrogens with zero attached hydrogens (tertiary/aromatic N) is 3. The molecule has 4 aliphatic heterocycles. The van der Waals surface area contributed by atoms with Crippen LogP contribution in [0.3, 0.4) is 0 Å². The zero-order valence-electron chi connectivity index (χ0n) is 42.8. The molecule has 1 N–H and O–H groups in total. The molecular weight excluding hydrogens is 1570 g/mol. The standard InChI is InChI=1S/2C13H12NO3.C10H10BrO.C8H7O.C5H6BrNO2.C3H3NO2.C2H4Br2.4Y/c2*15-9-11-5-3-10(4-6-11)2-1-7-14-12(16)8-13(14)17;11-7-1-2-9-3-5-10(8-12)6-4-9;1-7-2-4-8(6-9)5-3-7;6-1-2-7-4(8)3-5(7)9;5-2-1-3(6)4-2;3-1-2-4;;;;/h2*3,5-6,9H,1-2,7-8H2;3,5-6,8H,1-2,7H2;2,4-6H,1H3;1-3H2;1H2,(H,4,5,6);1-2H2;;;;/q4*-1;;;;;;;. The van der Waals surface area contributed by atoms with Crippen LogP contribution >= 0.6 is 63.7 Å². The van der Waals surface area contributed by atoms with Crippen LogP contribution in [0.1, 0.15) is 109 Å². The van der Waals surface area contributed by atoms with E-state index < -0.39 is 0 Å². The fourth-order valence-electron chi connectivity index (χ4n) is 6.01. The van der Waals surface area contributed by atoms with Gasteiger partial charge in [-0.15, -0.1) is 0 Å². The summed E-state index contributed by atoms with van der Waals surface area (Å²) < 4.78 is 0. The number of likely N-dealkylation sites (tertiary alicyclic amines) is 3. The minimum Gasteiger partial charge on any atom is -0.312 e. The van der Waals surface area contributed by atoms with Crippen molar-refractivity contribution in [3.63, 3.8) is 0 Å². The summed E-state index contributed by atoms with van der Waals surface area (Å²) in [5, 5.41) is 5.81. The van der Waals surface area contributed by atoms with E-state index in [0.29, 0.717) is 47.2 Å². The maximum atomic E-state index is 11.0. The van der Waals surface area contributed by atoms with Gasteiger partial charge in [0.05, 0.1) is 25.1 Å². The minimum absolute atomic E-state index is 0. The molecule has 8 amide bonds. The van der Waals surface area contributed by atoms with E-state index in [9.17, 15) is 57.5 Å². The second kappa shape index (κ2) is 47.9. The van der Waals surface area contributed by atoms with Gasteiger partial charge in [0.15, 0.2) is 0 Å². The molecule has 24 heteroatoms. The summed E-state index contributed by atoms with van der Waals surface area (Å²) >= 11 is 12.9.